The lowest BCUT2D eigenvalue weighted by Crippen LogP contribution is -2.48. The van der Waals surface area contributed by atoms with Gasteiger partial charge in [0.25, 0.3) is 0 Å². The summed E-state index contributed by atoms with van der Waals surface area (Å²) in [4.78, 5) is 1.97. The number of hydrogen-bond donors (Lipinski definition) is 2. The molecular weight excluding hydrogens is 316 g/mol. The highest BCUT2D eigenvalue weighted by molar-refractivity contribution is 7.88. The first-order valence-electron chi connectivity index (χ1n) is 6.31. The molecule has 1 aliphatic rings. The van der Waals surface area contributed by atoms with E-state index in [-0.39, 0.29) is 5.84 Å². The highest BCUT2D eigenvalue weighted by Crippen LogP contribution is 2.28. The molecule has 21 heavy (non-hydrogen) atoms. The highest BCUT2D eigenvalue weighted by Gasteiger charge is 2.25. The summed E-state index contributed by atoms with van der Waals surface area (Å²) in [6.07, 6.45) is 1.20. The number of nitrogens with zero attached hydrogens (tertiary/aromatic N) is 3. The molecule has 0 aromatic heterocycles. The molecule has 0 radical (unpaired) electrons. The van der Waals surface area contributed by atoms with Gasteiger partial charge in [-0.15, -0.1) is 0 Å². The largest absolute Gasteiger partial charge is 0.409 e. The third kappa shape index (κ3) is 3.39. The predicted molar refractivity (Wildman–Crippen MR) is 82.6 cm³/mol. The van der Waals surface area contributed by atoms with Crippen molar-refractivity contribution in [2.45, 2.75) is 0 Å². The lowest BCUT2D eigenvalue weighted by Gasteiger charge is -2.35. The average molecular weight is 333 g/mol. The van der Waals surface area contributed by atoms with Crippen molar-refractivity contribution in [2.75, 3.05) is 37.3 Å². The normalized spacial score (nSPS) is 18.0. The summed E-state index contributed by atoms with van der Waals surface area (Å²) in [7, 11) is -3.18. The van der Waals surface area contributed by atoms with Gasteiger partial charge in [-0.05, 0) is 12.1 Å². The summed E-state index contributed by atoms with van der Waals surface area (Å²) in [6.45, 7) is 1.81. The van der Waals surface area contributed by atoms with Crippen LogP contribution >= 0.6 is 11.6 Å². The Labute approximate surface area is 128 Å². The summed E-state index contributed by atoms with van der Waals surface area (Å²) >= 11 is 6.12. The van der Waals surface area contributed by atoms with Crippen molar-refractivity contribution in [3.05, 3.63) is 28.8 Å². The van der Waals surface area contributed by atoms with E-state index in [4.69, 9.17) is 22.5 Å². The Bertz CT molecular complexity index is 654. The number of piperazine rings is 1. The summed E-state index contributed by atoms with van der Waals surface area (Å²) in [5.74, 6) is -0.0684. The van der Waals surface area contributed by atoms with Gasteiger partial charge >= 0.3 is 0 Å². The van der Waals surface area contributed by atoms with Gasteiger partial charge in [0.2, 0.25) is 10.0 Å². The van der Waals surface area contributed by atoms with Crippen molar-refractivity contribution < 1.29 is 13.6 Å². The molecule has 1 fully saturated rings. The number of sulfonamides is 1. The fourth-order valence-corrected chi connectivity index (χ4v) is 3.43. The van der Waals surface area contributed by atoms with Crippen molar-refractivity contribution in [3.63, 3.8) is 0 Å². The Balaban J connectivity index is 2.27. The Morgan fingerprint density at radius 3 is 2.48 bits per heavy atom. The summed E-state index contributed by atoms with van der Waals surface area (Å²) < 4.78 is 24.5. The van der Waals surface area contributed by atoms with Crippen LogP contribution in [0.1, 0.15) is 5.56 Å². The number of halogens is 1. The van der Waals surface area contributed by atoms with Gasteiger partial charge in [0, 0.05) is 31.9 Å². The van der Waals surface area contributed by atoms with Crippen LogP contribution in [0.15, 0.2) is 23.4 Å². The second-order valence-electron chi connectivity index (χ2n) is 4.77. The van der Waals surface area contributed by atoms with Gasteiger partial charge in [0.05, 0.1) is 16.8 Å². The van der Waals surface area contributed by atoms with Gasteiger partial charge in [0.15, 0.2) is 5.84 Å². The Morgan fingerprint density at radius 1 is 1.33 bits per heavy atom. The SMILES string of the molecule is CS(=O)(=O)N1CCN(c2cccc(Cl)c2C(N)=NO)CC1. The molecule has 1 heterocycles. The van der Waals surface area contributed by atoms with E-state index in [1.54, 1.807) is 12.1 Å². The molecule has 0 unspecified atom stereocenters. The van der Waals surface area contributed by atoms with Crippen LogP contribution in [-0.2, 0) is 10.0 Å². The van der Waals surface area contributed by atoms with Crippen LogP contribution in [-0.4, -0.2) is 56.2 Å². The van der Waals surface area contributed by atoms with E-state index in [1.807, 2.05) is 11.0 Å². The average Bonchev–Trinajstić information content (AvgIpc) is 2.45. The number of oxime groups is 1. The third-order valence-electron chi connectivity index (χ3n) is 3.40. The van der Waals surface area contributed by atoms with Crippen molar-refractivity contribution in [2.24, 2.45) is 10.9 Å². The minimum atomic E-state index is -3.18. The van der Waals surface area contributed by atoms with Gasteiger partial charge < -0.3 is 15.8 Å². The zero-order chi connectivity index (χ0) is 15.6. The van der Waals surface area contributed by atoms with E-state index in [2.05, 4.69) is 5.16 Å². The Hall–Kier alpha value is -1.51. The maximum Gasteiger partial charge on any atom is 0.211 e. The van der Waals surface area contributed by atoms with Crippen molar-refractivity contribution >= 4 is 33.1 Å². The molecule has 0 bridgehead atoms. The highest BCUT2D eigenvalue weighted by atomic mass is 35.5. The molecule has 3 N–H and O–H groups in total. The Kier molecular flexibility index (Phi) is 4.60. The fourth-order valence-electron chi connectivity index (χ4n) is 2.34. The lowest BCUT2D eigenvalue weighted by atomic mass is 10.1. The molecule has 7 nitrogen and oxygen atoms in total. The monoisotopic (exact) mass is 332 g/mol. The van der Waals surface area contributed by atoms with Crippen molar-refractivity contribution in [1.82, 2.24) is 4.31 Å². The molecule has 116 valence electrons. The minimum Gasteiger partial charge on any atom is -0.409 e. The Morgan fingerprint density at radius 2 is 1.95 bits per heavy atom. The van der Waals surface area contributed by atoms with Gasteiger partial charge in [-0.25, -0.2) is 8.42 Å². The van der Waals surface area contributed by atoms with Gasteiger partial charge in [-0.1, -0.05) is 22.8 Å². The molecule has 1 aliphatic heterocycles. The molecular formula is C12H17ClN4O3S. The first-order valence-corrected chi connectivity index (χ1v) is 8.53. The number of hydrogen-bond acceptors (Lipinski definition) is 5. The zero-order valence-corrected chi connectivity index (χ0v) is 13.1. The van der Waals surface area contributed by atoms with E-state index in [1.165, 1.54) is 10.6 Å². The molecule has 1 saturated heterocycles. The smallest absolute Gasteiger partial charge is 0.211 e. The van der Waals surface area contributed by atoms with Gasteiger partial charge in [0.1, 0.15) is 0 Å². The molecule has 0 spiro atoms. The molecule has 0 atom stereocenters. The number of rotatable bonds is 3. The number of anilines is 1. The zero-order valence-electron chi connectivity index (χ0n) is 11.5. The van der Waals surface area contributed by atoms with E-state index in [9.17, 15) is 8.42 Å². The molecule has 1 aromatic rings. The minimum absolute atomic E-state index is 0.0684. The van der Waals surface area contributed by atoms with E-state index >= 15 is 0 Å². The molecule has 0 amide bonds. The third-order valence-corrected chi connectivity index (χ3v) is 5.02. The second-order valence-corrected chi connectivity index (χ2v) is 7.16. The molecule has 1 aromatic carbocycles. The van der Waals surface area contributed by atoms with Crippen LogP contribution in [0.2, 0.25) is 5.02 Å². The maximum atomic E-state index is 11.5. The van der Waals surface area contributed by atoms with E-state index in [0.29, 0.717) is 36.8 Å². The van der Waals surface area contributed by atoms with E-state index < -0.39 is 10.0 Å². The molecule has 0 saturated carbocycles. The van der Waals surface area contributed by atoms with Crippen molar-refractivity contribution in [1.29, 1.82) is 0 Å². The van der Waals surface area contributed by atoms with Crippen LogP contribution in [0.5, 0.6) is 0 Å². The van der Waals surface area contributed by atoms with Crippen molar-refractivity contribution in [3.8, 4) is 0 Å². The first kappa shape index (κ1) is 15.9. The van der Waals surface area contributed by atoms with Gasteiger partial charge in [-0.2, -0.15) is 4.31 Å². The molecule has 0 aliphatic carbocycles. The van der Waals surface area contributed by atoms with Crippen LogP contribution < -0.4 is 10.6 Å². The number of benzene rings is 1. The first-order chi connectivity index (χ1) is 9.84. The predicted octanol–water partition coefficient (Wildman–Crippen LogP) is 0.516. The maximum absolute atomic E-state index is 11.5. The van der Waals surface area contributed by atoms with Crippen LogP contribution in [0.3, 0.4) is 0 Å². The summed E-state index contributed by atoms with van der Waals surface area (Å²) in [5, 5.41) is 12.3. The molecule has 2 rings (SSSR count). The quantitative estimate of drug-likeness (QED) is 0.364. The fraction of sp³-hybridized carbons (Fsp3) is 0.417. The van der Waals surface area contributed by atoms with E-state index in [0.717, 1.165) is 5.69 Å². The summed E-state index contributed by atoms with van der Waals surface area (Å²) in [6, 6.07) is 5.25. The topological polar surface area (TPSA) is 99.2 Å². The van der Waals surface area contributed by atoms with Gasteiger partial charge in [-0.3, -0.25) is 0 Å². The van der Waals surface area contributed by atoms with Crippen LogP contribution in [0.25, 0.3) is 0 Å². The standard InChI is InChI=1S/C12H17ClN4O3S/c1-21(19,20)17-7-5-16(6-8-17)10-4-2-3-9(13)11(10)12(14)15-18/h2-4,18H,5-8H2,1H3,(H2,14,15). The van der Waals surface area contributed by atoms with Crippen LogP contribution in [0.4, 0.5) is 5.69 Å². The number of nitrogens with two attached hydrogens (primary N) is 1. The summed E-state index contributed by atoms with van der Waals surface area (Å²) in [5.41, 5.74) is 6.86. The number of amidine groups is 1. The molecule has 9 heteroatoms. The lowest BCUT2D eigenvalue weighted by molar-refractivity contribution is 0.318. The second kappa shape index (κ2) is 6.08. The van der Waals surface area contributed by atoms with Crippen LogP contribution in [0, 0.1) is 0 Å².